The van der Waals surface area contributed by atoms with Crippen LogP contribution in [0.4, 0.5) is 5.69 Å². The summed E-state index contributed by atoms with van der Waals surface area (Å²) in [6, 6.07) is 5.29. The van der Waals surface area contributed by atoms with Crippen molar-refractivity contribution >= 4 is 22.8 Å². The van der Waals surface area contributed by atoms with Crippen LogP contribution in [0.5, 0.6) is 11.5 Å². The number of nitrogens with one attached hydrogen (secondary N) is 1. The Morgan fingerprint density at radius 2 is 1.87 bits per heavy atom. The van der Waals surface area contributed by atoms with E-state index in [4.69, 9.17) is 9.47 Å². The van der Waals surface area contributed by atoms with Crippen LogP contribution in [-0.4, -0.2) is 30.4 Å². The number of aryl methyl sites for hydroxylation is 1. The highest BCUT2D eigenvalue weighted by molar-refractivity contribution is 5.91. The Morgan fingerprint density at radius 1 is 1.13 bits per heavy atom. The van der Waals surface area contributed by atoms with E-state index in [0.717, 1.165) is 30.3 Å². The van der Waals surface area contributed by atoms with Crippen LogP contribution >= 0.6 is 0 Å². The normalized spacial score (nSPS) is 16.5. The van der Waals surface area contributed by atoms with Gasteiger partial charge < -0.3 is 19.4 Å². The molecule has 0 unspecified atom stereocenters. The number of carbonyl (C=O) groups is 1. The van der Waals surface area contributed by atoms with Gasteiger partial charge in [-0.05, 0) is 25.0 Å². The molecule has 10 nitrogen and oxygen atoms in total. The Bertz CT molecular complexity index is 1300. The predicted molar refractivity (Wildman–Crippen MR) is 108 cm³/mol. The first-order valence-corrected chi connectivity index (χ1v) is 9.80. The summed E-state index contributed by atoms with van der Waals surface area (Å²) in [7, 11) is 2.93. The molecule has 1 aliphatic carbocycles. The van der Waals surface area contributed by atoms with E-state index >= 15 is 0 Å². The first-order chi connectivity index (χ1) is 14.4. The number of rotatable bonds is 3. The maximum atomic E-state index is 12.6. The molecule has 0 atom stereocenters. The molecule has 1 fully saturated rings. The number of aromatic nitrogens is 4. The number of carbonyl (C=O) groups excluding carboxylic acids is 1. The Labute approximate surface area is 170 Å². The summed E-state index contributed by atoms with van der Waals surface area (Å²) in [5.74, 6) is 0.405. The molecular formula is C20H21N5O5. The van der Waals surface area contributed by atoms with Crippen LogP contribution in [0.2, 0.25) is 0 Å². The molecule has 1 saturated carbocycles. The van der Waals surface area contributed by atoms with Crippen molar-refractivity contribution in [2.75, 3.05) is 5.32 Å². The highest BCUT2D eigenvalue weighted by Gasteiger charge is 2.44. The van der Waals surface area contributed by atoms with Gasteiger partial charge in [-0.25, -0.2) is 9.78 Å². The summed E-state index contributed by atoms with van der Waals surface area (Å²) in [4.78, 5) is 41.3. The van der Waals surface area contributed by atoms with Gasteiger partial charge in [-0.3, -0.25) is 18.7 Å². The number of benzene rings is 1. The minimum atomic E-state index is -0.559. The van der Waals surface area contributed by atoms with E-state index in [1.54, 1.807) is 18.2 Å². The quantitative estimate of drug-likeness (QED) is 0.692. The van der Waals surface area contributed by atoms with E-state index in [9.17, 15) is 14.4 Å². The van der Waals surface area contributed by atoms with Crippen molar-refractivity contribution in [1.29, 1.82) is 0 Å². The molecule has 0 radical (unpaired) electrons. The van der Waals surface area contributed by atoms with Gasteiger partial charge >= 0.3 is 5.69 Å². The Kier molecular flexibility index (Phi) is 3.99. The second-order valence-corrected chi connectivity index (χ2v) is 7.78. The van der Waals surface area contributed by atoms with Crippen LogP contribution in [-0.2, 0) is 25.4 Å². The molecule has 156 valence electrons. The van der Waals surface area contributed by atoms with Crippen molar-refractivity contribution in [3.05, 3.63) is 45.4 Å². The molecular weight excluding hydrogens is 390 g/mol. The molecule has 1 spiro atoms. The predicted octanol–water partition coefficient (Wildman–Crippen LogP) is 1.11. The van der Waals surface area contributed by atoms with Crippen molar-refractivity contribution in [3.8, 4) is 11.5 Å². The maximum Gasteiger partial charge on any atom is 0.332 e. The second-order valence-electron chi connectivity index (χ2n) is 7.78. The van der Waals surface area contributed by atoms with Crippen molar-refractivity contribution in [2.24, 2.45) is 14.1 Å². The van der Waals surface area contributed by atoms with Crippen LogP contribution in [0, 0.1) is 0 Å². The summed E-state index contributed by atoms with van der Waals surface area (Å²) in [6.45, 7) is -0.123. The van der Waals surface area contributed by atoms with Gasteiger partial charge in [-0.2, -0.15) is 0 Å². The molecule has 1 aromatic carbocycles. The zero-order valence-electron chi connectivity index (χ0n) is 16.7. The van der Waals surface area contributed by atoms with Gasteiger partial charge in [0.25, 0.3) is 11.3 Å². The smallest absolute Gasteiger partial charge is 0.332 e. The number of imidazole rings is 1. The average molecular weight is 411 g/mol. The summed E-state index contributed by atoms with van der Waals surface area (Å²) in [6.07, 6.45) is 5.24. The fourth-order valence-electron chi connectivity index (χ4n) is 4.16. The number of nitrogens with zero attached hydrogens (tertiary/aromatic N) is 4. The van der Waals surface area contributed by atoms with E-state index in [0.29, 0.717) is 17.2 Å². The summed E-state index contributed by atoms with van der Waals surface area (Å²) >= 11 is 0. The molecule has 5 rings (SSSR count). The zero-order valence-corrected chi connectivity index (χ0v) is 16.7. The molecule has 3 aromatic rings. The van der Waals surface area contributed by atoms with E-state index in [2.05, 4.69) is 10.3 Å². The molecule has 30 heavy (non-hydrogen) atoms. The van der Waals surface area contributed by atoms with Crippen LogP contribution in [0.15, 0.2) is 34.1 Å². The lowest BCUT2D eigenvalue weighted by Gasteiger charge is -2.21. The molecule has 0 bridgehead atoms. The molecule has 0 saturated heterocycles. The average Bonchev–Trinajstić information content (AvgIpc) is 3.43. The second kappa shape index (κ2) is 6.48. The number of ether oxygens (including phenoxy) is 2. The van der Waals surface area contributed by atoms with Gasteiger partial charge in [-0.15, -0.1) is 0 Å². The third-order valence-electron chi connectivity index (χ3n) is 5.72. The molecule has 10 heteroatoms. The van der Waals surface area contributed by atoms with Gasteiger partial charge in [0.05, 0.1) is 6.33 Å². The van der Waals surface area contributed by atoms with Gasteiger partial charge in [0.15, 0.2) is 22.7 Å². The van der Waals surface area contributed by atoms with Crippen molar-refractivity contribution in [2.45, 2.75) is 38.0 Å². The summed E-state index contributed by atoms with van der Waals surface area (Å²) in [5.41, 5.74) is 0.0394. The Morgan fingerprint density at radius 3 is 2.63 bits per heavy atom. The van der Waals surface area contributed by atoms with Gasteiger partial charge in [0.2, 0.25) is 5.91 Å². The lowest BCUT2D eigenvalue weighted by molar-refractivity contribution is -0.116. The number of hydrogen-bond acceptors (Lipinski definition) is 6. The Balaban J connectivity index is 1.37. The van der Waals surface area contributed by atoms with Crippen LogP contribution in [0.1, 0.15) is 25.7 Å². The van der Waals surface area contributed by atoms with Crippen LogP contribution in [0.25, 0.3) is 11.2 Å². The third kappa shape index (κ3) is 2.78. The number of amides is 1. The molecule has 1 amide bonds. The summed E-state index contributed by atoms with van der Waals surface area (Å²) in [5, 5.41) is 2.81. The minimum absolute atomic E-state index is 0.123. The van der Waals surface area contributed by atoms with Crippen molar-refractivity contribution in [1.82, 2.24) is 18.7 Å². The topological polar surface area (TPSA) is 109 Å². The summed E-state index contributed by atoms with van der Waals surface area (Å²) < 4.78 is 15.7. The number of fused-ring (bicyclic) bond motifs is 2. The van der Waals surface area contributed by atoms with Crippen molar-refractivity contribution in [3.63, 3.8) is 0 Å². The fraction of sp³-hybridized carbons (Fsp3) is 0.400. The zero-order chi connectivity index (χ0) is 21.0. The number of hydrogen-bond donors (Lipinski definition) is 1. The van der Waals surface area contributed by atoms with E-state index in [1.807, 2.05) is 0 Å². The first-order valence-electron chi connectivity index (χ1n) is 9.80. The van der Waals surface area contributed by atoms with Gasteiger partial charge in [0.1, 0.15) is 6.54 Å². The standard InChI is InChI=1S/C20H21N5O5/c1-23-17-16(18(27)24(2)19(23)28)25(11-21-17)10-15(26)22-12-5-6-13-14(9-12)30-20(29-13)7-3-4-8-20/h5-6,9,11H,3-4,7-8,10H2,1-2H3,(H,22,26). The number of anilines is 1. The molecule has 1 aliphatic heterocycles. The SMILES string of the molecule is Cn1c(=O)c2c(ncn2CC(=O)Nc2ccc3c(c2)OC2(CCCC2)O3)n(C)c1=O. The highest BCUT2D eigenvalue weighted by atomic mass is 16.7. The first kappa shape index (κ1) is 18.5. The van der Waals surface area contributed by atoms with E-state index < -0.39 is 17.0 Å². The van der Waals surface area contributed by atoms with Gasteiger partial charge in [0, 0.05) is 38.7 Å². The maximum absolute atomic E-state index is 12.6. The molecule has 3 heterocycles. The monoisotopic (exact) mass is 411 g/mol. The molecule has 2 aliphatic rings. The molecule has 1 N–H and O–H groups in total. The van der Waals surface area contributed by atoms with Gasteiger partial charge in [-0.1, -0.05) is 0 Å². The highest BCUT2D eigenvalue weighted by Crippen LogP contribution is 2.47. The lowest BCUT2D eigenvalue weighted by atomic mass is 10.2. The van der Waals surface area contributed by atoms with E-state index in [-0.39, 0.29) is 23.6 Å². The fourth-order valence-corrected chi connectivity index (χ4v) is 4.16. The van der Waals surface area contributed by atoms with E-state index in [1.165, 1.54) is 29.6 Å². The largest absolute Gasteiger partial charge is 0.448 e. The lowest BCUT2D eigenvalue weighted by Crippen LogP contribution is -2.37. The van der Waals surface area contributed by atoms with Crippen molar-refractivity contribution < 1.29 is 14.3 Å². The molecule has 2 aromatic heterocycles. The van der Waals surface area contributed by atoms with Crippen LogP contribution in [0.3, 0.4) is 0 Å². The van der Waals surface area contributed by atoms with Crippen LogP contribution < -0.4 is 26.0 Å². The third-order valence-corrected chi connectivity index (χ3v) is 5.72. The Hall–Kier alpha value is -3.56. The minimum Gasteiger partial charge on any atom is -0.448 e.